The van der Waals surface area contributed by atoms with Crippen molar-refractivity contribution in [2.45, 2.75) is 0 Å². The summed E-state index contributed by atoms with van der Waals surface area (Å²) in [6.07, 6.45) is 3.49. The maximum Gasteiger partial charge on any atom is 0.231 e. The Hall–Kier alpha value is -4.74. The van der Waals surface area contributed by atoms with Gasteiger partial charge in [-0.1, -0.05) is 29.7 Å². The Kier molecular flexibility index (Phi) is 5.61. The number of methoxy groups -OCH3 is 1. The van der Waals surface area contributed by atoms with Crippen molar-refractivity contribution in [2.75, 3.05) is 13.9 Å². The highest BCUT2D eigenvalue weighted by atomic mass is 16.7. The van der Waals surface area contributed by atoms with Crippen LogP contribution in [-0.4, -0.2) is 23.9 Å². The van der Waals surface area contributed by atoms with Gasteiger partial charge in [-0.15, -0.1) is 0 Å². The molecule has 0 aliphatic carbocycles. The van der Waals surface area contributed by atoms with Gasteiger partial charge in [-0.05, 0) is 60.7 Å². The summed E-state index contributed by atoms with van der Waals surface area (Å²) in [5.41, 5.74) is 4.94. The third kappa shape index (κ3) is 4.79. The van der Waals surface area contributed by atoms with E-state index >= 15 is 0 Å². The monoisotopic (exact) mass is 430 g/mol. The fraction of sp³-hybridized carbons (Fsp3) is 0.0714. The lowest BCUT2D eigenvalue weighted by molar-refractivity contribution is 0.174. The third-order valence-electron chi connectivity index (χ3n) is 4.93. The van der Waals surface area contributed by atoms with Gasteiger partial charge in [0, 0.05) is 34.6 Å². The molecule has 0 N–H and O–H groups in total. The molecule has 2 aromatic heterocycles. The quantitative estimate of drug-likeness (QED) is 0.432. The molecule has 5 rings (SSSR count). The zero-order valence-corrected chi connectivity index (χ0v) is 17.8. The number of aromatic nitrogens is 2. The fourth-order valence-corrected chi connectivity index (χ4v) is 3.20. The average Bonchev–Trinajstić information content (AvgIpc) is 3.35. The Morgan fingerprint density at radius 3 is 1.91 bits per heavy atom. The van der Waals surface area contributed by atoms with E-state index in [1.54, 1.807) is 19.5 Å². The maximum absolute atomic E-state index is 5.39. The largest absolute Gasteiger partial charge is 0.497 e. The molecule has 0 atom stereocenters. The SMILES string of the molecule is COc1cccc(C#Cc2ccc(-c3ccc(C#Cc4ccc5c(c4)OCO5)cn3)nc2)c1. The van der Waals surface area contributed by atoms with Crippen LogP contribution in [0.25, 0.3) is 11.4 Å². The molecular formula is C28H18N2O3. The summed E-state index contributed by atoms with van der Waals surface area (Å²) in [5, 5.41) is 0. The van der Waals surface area contributed by atoms with Gasteiger partial charge in [0.1, 0.15) is 5.75 Å². The van der Waals surface area contributed by atoms with E-state index < -0.39 is 0 Å². The first-order valence-electron chi connectivity index (χ1n) is 10.3. The van der Waals surface area contributed by atoms with E-state index in [1.807, 2.05) is 66.7 Å². The molecule has 1 aliphatic heterocycles. The van der Waals surface area contributed by atoms with E-state index in [0.717, 1.165) is 50.9 Å². The van der Waals surface area contributed by atoms with Gasteiger partial charge in [-0.3, -0.25) is 9.97 Å². The Bertz CT molecular complexity index is 1420. The number of pyridine rings is 2. The smallest absolute Gasteiger partial charge is 0.231 e. The van der Waals surface area contributed by atoms with Gasteiger partial charge in [0.25, 0.3) is 0 Å². The number of ether oxygens (including phenoxy) is 3. The second kappa shape index (κ2) is 9.18. The lowest BCUT2D eigenvalue weighted by Crippen LogP contribution is -1.92. The molecular weight excluding hydrogens is 412 g/mol. The molecule has 0 saturated carbocycles. The van der Waals surface area contributed by atoms with E-state index in [9.17, 15) is 0 Å². The minimum atomic E-state index is 0.251. The molecule has 3 heterocycles. The molecule has 0 unspecified atom stereocenters. The van der Waals surface area contributed by atoms with Gasteiger partial charge in [-0.25, -0.2) is 0 Å². The highest BCUT2D eigenvalue weighted by molar-refractivity contribution is 5.57. The molecule has 0 radical (unpaired) electrons. The maximum atomic E-state index is 5.39. The third-order valence-corrected chi connectivity index (χ3v) is 4.93. The summed E-state index contributed by atoms with van der Waals surface area (Å²) in [4.78, 5) is 9.00. The molecule has 158 valence electrons. The van der Waals surface area contributed by atoms with E-state index in [4.69, 9.17) is 14.2 Å². The first-order chi connectivity index (χ1) is 16.3. The average molecular weight is 430 g/mol. The van der Waals surface area contributed by atoms with Crippen molar-refractivity contribution in [3.63, 3.8) is 0 Å². The van der Waals surface area contributed by atoms with Gasteiger partial charge in [0.2, 0.25) is 6.79 Å². The van der Waals surface area contributed by atoms with Crippen LogP contribution in [0.2, 0.25) is 0 Å². The first kappa shape index (κ1) is 20.2. The Morgan fingerprint density at radius 2 is 1.27 bits per heavy atom. The molecule has 5 heteroatoms. The molecule has 33 heavy (non-hydrogen) atoms. The van der Waals surface area contributed by atoms with E-state index in [1.165, 1.54) is 0 Å². The number of fused-ring (bicyclic) bond motifs is 1. The van der Waals surface area contributed by atoms with Crippen molar-refractivity contribution in [3.8, 4) is 52.3 Å². The molecule has 0 amide bonds. The van der Waals surface area contributed by atoms with Gasteiger partial charge in [0.15, 0.2) is 11.5 Å². The minimum Gasteiger partial charge on any atom is -0.497 e. The van der Waals surface area contributed by atoms with Crippen LogP contribution in [0.15, 0.2) is 79.1 Å². The Labute approximate surface area is 192 Å². The lowest BCUT2D eigenvalue weighted by atomic mass is 10.1. The molecule has 5 nitrogen and oxygen atoms in total. The molecule has 4 aromatic rings. The zero-order valence-electron chi connectivity index (χ0n) is 17.8. The van der Waals surface area contributed by atoms with Gasteiger partial charge in [0.05, 0.1) is 18.5 Å². The second-order valence-corrected chi connectivity index (χ2v) is 7.16. The van der Waals surface area contributed by atoms with Crippen LogP contribution in [0.3, 0.4) is 0 Å². The normalized spacial score (nSPS) is 11.1. The summed E-state index contributed by atoms with van der Waals surface area (Å²) in [6, 6.07) is 21.0. The molecule has 0 bridgehead atoms. The van der Waals surface area contributed by atoms with Crippen LogP contribution in [0, 0.1) is 23.7 Å². The number of hydrogen-bond acceptors (Lipinski definition) is 5. The summed E-state index contributed by atoms with van der Waals surface area (Å²) < 4.78 is 15.9. The number of hydrogen-bond donors (Lipinski definition) is 0. The topological polar surface area (TPSA) is 53.5 Å². The molecule has 2 aromatic carbocycles. The highest BCUT2D eigenvalue weighted by Gasteiger charge is 2.12. The predicted molar refractivity (Wildman–Crippen MR) is 125 cm³/mol. The molecule has 0 spiro atoms. The predicted octanol–water partition coefficient (Wildman–Crippen LogP) is 4.68. The first-order valence-corrected chi connectivity index (χ1v) is 10.3. The van der Waals surface area contributed by atoms with Crippen LogP contribution < -0.4 is 14.2 Å². The van der Waals surface area contributed by atoms with E-state index in [0.29, 0.717) is 0 Å². The van der Waals surface area contributed by atoms with E-state index in [-0.39, 0.29) is 6.79 Å². The molecule has 0 saturated heterocycles. The van der Waals surface area contributed by atoms with Crippen molar-refractivity contribution in [1.82, 2.24) is 9.97 Å². The highest BCUT2D eigenvalue weighted by Crippen LogP contribution is 2.32. The van der Waals surface area contributed by atoms with Crippen molar-refractivity contribution in [3.05, 3.63) is 101 Å². The summed E-state index contributed by atoms with van der Waals surface area (Å²) in [6.45, 7) is 0.251. The van der Waals surface area contributed by atoms with Crippen LogP contribution in [0.5, 0.6) is 17.2 Å². The minimum absolute atomic E-state index is 0.251. The Morgan fingerprint density at radius 1 is 0.667 bits per heavy atom. The van der Waals surface area contributed by atoms with Gasteiger partial charge < -0.3 is 14.2 Å². The molecule has 1 aliphatic rings. The van der Waals surface area contributed by atoms with Crippen LogP contribution >= 0.6 is 0 Å². The summed E-state index contributed by atoms with van der Waals surface area (Å²) in [5.74, 6) is 14.8. The number of rotatable bonds is 2. The fourth-order valence-electron chi connectivity index (χ4n) is 3.20. The second-order valence-electron chi connectivity index (χ2n) is 7.16. The van der Waals surface area contributed by atoms with Crippen molar-refractivity contribution in [2.24, 2.45) is 0 Å². The lowest BCUT2D eigenvalue weighted by Gasteiger charge is -2.00. The number of benzene rings is 2. The van der Waals surface area contributed by atoms with E-state index in [2.05, 4.69) is 33.6 Å². The van der Waals surface area contributed by atoms with Crippen molar-refractivity contribution >= 4 is 0 Å². The van der Waals surface area contributed by atoms with Gasteiger partial charge >= 0.3 is 0 Å². The van der Waals surface area contributed by atoms with Gasteiger partial charge in [-0.2, -0.15) is 0 Å². The summed E-state index contributed by atoms with van der Waals surface area (Å²) >= 11 is 0. The zero-order chi connectivity index (χ0) is 22.5. The summed E-state index contributed by atoms with van der Waals surface area (Å²) in [7, 11) is 1.64. The van der Waals surface area contributed by atoms with Crippen LogP contribution in [0.4, 0.5) is 0 Å². The molecule has 0 fully saturated rings. The number of nitrogens with zero attached hydrogens (tertiary/aromatic N) is 2. The van der Waals surface area contributed by atoms with Crippen LogP contribution in [-0.2, 0) is 0 Å². The Balaban J connectivity index is 1.27. The van der Waals surface area contributed by atoms with Crippen molar-refractivity contribution < 1.29 is 14.2 Å². The van der Waals surface area contributed by atoms with Crippen LogP contribution in [0.1, 0.15) is 22.3 Å². The van der Waals surface area contributed by atoms with Crippen molar-refractivity contribution in [1.29, 1.82) is 0 Å². The standard InChI is InChI=1S/C28H18N2O3/c1-31-24-4-2-3-20(15-24)5-7-22-9-12-25(29-17-22)26-13-10-23(18-30-26)8-6-21-11-14-27-28(16-21)33-19-32-27/h2-4,9-18H,19H2,1H3.